The molecule has 0 saturated carbocycles. The average molecular weight is 306 g/mol. The fraction of sp³-hybridized carbons (Fsp3) is 0. The summed E-state index contributed by atoms with van der Waals surface area (Å²) in [5, 5.41) is 10.7. The minimum Gasteiger partial charge on any atom is -0.289 e. The van der Waals surface area contributed by atoms with Gasteiger partial charge in [-0.3, -0.25) is 14.9 Å². The molecular weight excluding hydrogens is 298 g/mol. The molecule has 0 amide bonds. The number of benzene rings is 2. The summed E-state index contributed by atoms with van der Waals surface area (Å²) < 4.78 is 0.543. The van der Waals surface area contributed by atoms with Crippen molar-refractivity contribution < 1.29 is 9.72 Å². The van der Waals surface area contributed by atoms with Gasteiger partial charge in [0.1, 0.15) is 0 Å². The smallest absolute Gasteiger partial charge is 0.270 e. The van der Waals surface area contributed by atoms with Gasteiger partial charge in [0.05, 0.1) is 4.92 Å². The van der Waals surface area contributed by atoms with Crippen LogP contribution < -0.4 is 0 Å². The Balaban J connectivity index is 2.48. The van der Waals surface area contributed by atoms with Crippen molar-refractivity contribution in [1.29, 1.82) is 0 Å². The number of carbonyl (C=O) groups excluding carboxylic acids is 1. The van der Waals surface area contributed by atoms with Crippen LogP contribution in [0.5, 0.6) is 0 Å². The lowest BCUT2D eigenvalue weighted by Crippen LogP contribution is -2.03. The van der Waals surface area contributed by atoms with Crippen LogP contribution in [0.3, 0.4) is 0 Å². The predicted octanol–water partition coefficient (Wildman–Crippen LogP) is 3.59. The van der Waals surface area contributed by atoms with Crippen LogP contribution >= 0.6 is 15.9 Å². The highest BCUT2D eigenvalue weighted by Crippen LogP contribution is 2.24. The fourth-order valence-corrected chi connectivity index (χ4v) is 1.97. The van der Waals surface area contributed by atoms with Crippen LogP contribution in [0.15, 0.2) is 53.0 Å². The number of hydrogen-bond donors (Lipinski definition) is 0. The van der Waals surface area contributed by atoms with Crippen LogP contribution in [-0.2, 0) is 0 Å². The number of halogens is 1. The molecule has 0 atom stereocenters. The normalized spacial score (nSPS) is 10.1. The van der Waals surface area contributed by atoms with Crippen molar-refractivity contribution >= 4 is 27.4 Å². The van der Waals surface area contributed by atoms with Crippen LogP contribution in [0.1, 0.15) is 15.9 Å². The molecule has 0 aliphatic rings. The van der Waals surface area contributed by atoms with Gasteiger partial charge in [-0.2, -0.15) is 0 Å². The molecule has 0 radical (unpaired) electrons. The third-order valence-corrected chi connectivity index (χ3v) is 3.13. The second-order valence-corrected chi connectivity index (χ2v) is 4.47. The van der Waals surface area contributed by atoms with E-state index in [0.717, 1.165) is 0 Å². The van der Waals surface area contributed by atoms with Crippen LogP contribution in [0.25, 0.3) is 0 Å². The molecule has 0 saturated heterocycles. The molecule has 0 aliphatic carbocycles. The van der Waals surface area contributed by atoms with Crippen LogP contribution in [0.4, 0.5) is 5.69 Å². The predicted molar refractivity (Wildman–Crippen MR) is 70.7 cm³/mol. The molecule has 2 aromatic rings. The first kappa shape index (κ1) is 12.4. The summed E-state index contributed by atoms with van der Waals surface area (Å²) in [6, 6.07) is 12.8. The van der Waals surface area contributed by atoms with E-state index in [-0.39, 0.29) is 17.0 Å². The standard InChI is InChI=1S/C13H8BrNO3/c14-12-7-6-10(15(17)18)8-11(12)13(16)9-4-2-1-3-5-9/h1-8H. The molecule has 0 spiro atoms. The third kappa shape index (κ3) is 2.46. The molecule has 5 heteroatoms. The number of hydrogen-bond acceptors (Lipinski definition) is 3. The highest BCUT2D eigenvalue weighted by Gasteiger charge is 2.16. The van der Waals surface area contributed by atoms with Crippen molar-refractivity contribution in [2.45, 2.75) is 0 Å². The van der Waals surface area contributed by atoms with Gasteiger partial charge in [-0.05, 0) is 6.07 Å². The molecule has 2 rings (SSSR count). The van der Waals surface area contributed by atoms with E-state index < -0.39 is 4.92 Å². The summed E-state index contributed by atoms with van der Waals surface area (Å²) in [4.78, 5) is 22.4. The van der Waals surface area contributed by atoms with E-state index in [1.54, 1.807) is 30.3 Å². The molecule has 4 nitrogen and oxygen atoms in total. The van der Waals surface area contributed by atoms with E-state index in [1.807, 2.05) is 0 Å². The Hall–Kier alpha value is -2.01. The zero-order chi connectivity index (χ0) is 13.1. The van der Waals surface area contributed by atoms with Crippen LogP contribution in [0.2, 0.25) is 0 Å². The van der Waals surface area contributed by atoms with Crippen molar-refractivity contribution in [1.82, 2.24) is 0 Å². The molecule has 2 aromatic carbocycles. The van der Waals surface area contributed by atoms with Gasteiger partial charge in [0.15, 0.2) is 5.78 Å². The fourth-order valence-electron chi connectivity index (χ4n) is 1.55. The van der Waals surface area contributed by atoms with Crippen molar-refractivity contribution in [3.8, 4) is 0 Å². The first-order chi connectivity index (χ1) is 8.59. The number of nitrogens with zero attached hydrogens (tertiary/aromatic N) is 1. The van der Waals surface area contributed by atoms with E-state index >= 15 is 0 Å². The summed E-state index contributed by atoms with van der Waals surface area (Å²) in [6.45, 7) is 0. The molecule has 18 heavy (non-hydrogen) atoms. The van der Waals surface area contributed by atoms with Crippen molar-refractivity contribution in [3.63, 3.8) is 0 Å². The maximum atomic E-state index is 12.2. The average Bonchev–Trinajstić information content (AvgIpc) is 2.39. The molecule has 90 valence electrons. The van der Waals surface area contributed by atoms with Crippen LogP contribution in [-0.4, -0.2) is 10.7 Å². The van der Waals surface area contributed by atoms with Gasteiger partial charge in [-0.15, -0.1) is 0 Å². The second-order valence-electron chi connectivity index (χ2n) is 3.62. The van der Waals surface area contributed by atoms with Gasteiger partial charge in [0.25, 0.3) is 5.69 Å². The number of nitro benzene ring substituents is 1. The first-order valence-corrected chi connectivity index (χ1v) is 5.92. The highest BCUT2D eigenvalue weighted by atomic mass is 79.9. The maximum Gasteiger partial charge on any atom is 0.270 e. The third-order valence-electron chi connectivity index (χ3n) is 2.44. The van der Waals surface area contributed by atoms with E-state index in [4.69, 9.17) is 0 Å². The van der Waals surface area contributed by atoms with Crippen molar-refractivity contribution in [2.75, 3.05) is 0 Å². The Kier molecular flexibility index (Phi) is 3.53. The lowest BCUT2D eigenvalue weighted by molar-refractivity contribution is -0.384. The minimum atomic E-state index is -0.520. The molecule has 0 heterocycles. The Morgan fingerprint density at radius 2 is 1.78 bits per heavy atom. The number of ketones is 1. The number of non-ortho nitro benzene ring substituents is 1. The lowest BCUT2D eigenvalue weighted by atomic mass is 10.0. The number of nitro groups is 1. The van der Waals surface area contributed by atoms with Gasteiger partial charge in [0.2, 0.25) is 0 Å². The summed E-state index contributed by atoms with van der Waals surface area (Å²) in [5.41, 5.74) is 0.687. The van der Waals surface area contributed by atoms with E-state index in [1.165, 1.54) is 18.2 Å². The summed E-state index contributed by atoms with van der Waals surface area (Å²) in [6.07, 6.45) is 0. The monoisotopic (exact) mass is 305 g/mol. The molecule has 0 unspecified atom stereocenters. The Morgan fingerprint density at radius 3 is 2.39 bits per heavy atom. The Morgan fingerprint density at radius 1 is 1.11 bits per heavy atom. The molecule has 0 N–H and O–H groups in total. The van der Waals surface area contributed by atoms with E-state index in [0.29, 0.717) is 10.0 Å². The summed E-state index contributed by atoms with van der Waals surface area (Å²) in [5.74, 6) is -0.244. The zero-order valence-electron chi connectivity index (χ0n) is 9.17. The number of carbonyl (C=O) groups is 1. The number of rotatable bonds is 3. The summed E-state index contributed by atoms with van der Waals surface area (Å²) >= 11 is 3.23. The zero-order valence-corrected chi connectivity index (χ0v) is 10.8. The molecule has 0 bridgehead atoms. The lowest BCUT2D eigenvalue weighted by Gasteiger charge is -2.03. The SMILES string of the molecule is O=C(c1ccccc1)c1cc([N+](=O)[O-])ccc1Br. The Labute approximate surface area is 112 Å². The molecule has 0 aromatic heterocycles. The minimum absolute atomic E-state index is 0.0996. The van der Waals surface area contributed by atoms with Crippen molar-refractivity contribution in [3.05, 3.63) is 74.2 Å². The van der Waals surface area contributed by atoms with Gasteiger partial charge < -0.3 is 0 Å². The largest absolute Gasteiger partial charge is 0.289 e. The first-order valence-electron chi connectivity index (χ1n) is 5.13. The maximum absolute atomic E-state index is 12.2. The van der Waals surface area contributed by atoms with Crippen LogP contribution in [0, 0.1) is 10.1 Å². The van der Waals surface area contributed by atoms with E-state index in [2.05, 4.69) is 15.9 Å². The highest BCUT2D eigenvalue weighted by molar-refractivity contribution is 9.10. The molecular formula is C13H8BrNO3. The second kappa shape index (κ2) is 5.10. The van der Waals surface area contributed by atoms with Gasteiger partial charge in [0, 0.05) is 27.7 Å². The Bertz CT molecular complexity index is 611. The molecule has 0 aliphatic heterocycles. The van der Waals surface area contributed by atoms with Crippen molar-refractivity contribution in [2.24, 2.45) is 0 Å². The quantitative estimate of drug-likeness (QED) is 0.494. The topological polar surface area (TPSA) is 60.2 Å². The van der Waals surface area contributed by atoms with Gasteiger partial charge >= 0.3 is 0 Å². The molecule has 0 fully saturated rings. The van der Waals surface area contributed by atoms with Gasteiger partial charge in [-0.1, -0.05) is 46.3 Å². The summed E-state index contributed by atoms with van der Waals surface area (Å²) in [7, 11) is 0. The van der Waals surface area contributed by atoms with E-state index in [9.17, 15) is 14.9 Å². The van der Waals surface area contributed by atoms with Gasteiger partial charge in [-0.25, -0.2) is 0 Å².